The summed E-state index contributed by atoms with van der Waals surface area (Å²) >= 11 is 0. The molecule has 1 aromatic rings. The van der Waals surface area contributed by atoms with Crippen molar-refractivity contribution in [3.8, 4) is 0 Å². The molecule has 114 valence electrons. The van der Waals surface area contributed by atoms with Crippen molar-refractivity contribution in [3.63, 3.8) is 0 Å². The van der Waals surface area contributed by atoms with Crippen LogP contribution < -0.4 is 10.8 Å². The van der Waals surface area contributed by atoms with Crippen LogP contribution in [-0.2, 0) is 14.4 Å². The van der Waals surface area contributed by atoms with Crippen LogP contribution in [0.4, 0.5) is 10.5 Å². The van der Waals surface area contributed by atoms with Crippen LogP contribution in [0.5, 0.6) is 0 Å². The number of ether oxygens (including phenoxy) is 1. The fraction of sp³-hybridized carbons (Fsp3) is 0.333. The first kappa shape index (κ1) is 16.7. The molecule has 0 aliphatic heterocycles. The maximum Gasteiger partial charge on any atom is 0.414 e. The van der Waals surface area contributed by atoms with E-state index in [0.717, 1.165) is 0 Å². The highest BCUT2D eigenvalue weighted by atomic mass is 16.6. The van der Waals surface area contributed by atoms with E-state index in [9.17, 15) is 9.59 Å². The van der Waals surface area contributed by atoms with Gasteiger partial charge in [-0.3, -0.25) is 9.69 Å². The second kappa shape index (κ2) is 7.44. The molecule has 0 heterocycles. The molecule has 0 aromatic heterocycles. The summed E-state index contributed by atoms with van der Waals surface area (Å²) in [6.45, 7) is 5.27. The summed E-state index contributed by atoms with van der Waals surface area (Å²) in [5.74, 6) is 5.39. The van der Waals surface area contributed by atoms with Crippen LogP contribution in [0.25, 0.3) is 5.76 Å². The average Bonchev–Trinajstić information content (AvgIpc) is 2.49. The van der Waals surface area contributed by atoms with E-state index in [4.69, 9.17) is 15.5 Å². The van der Waals surface area contributed by atoms with E-state index in [1.807, 2.05) is 6.92 Å². The highest BCUT2D eigenvalue weighted by Crippen LogP contribution is 2.30. The lowest BCUT2D eigenvalue weighted by atomic mass is 10.0. The molecule has 1 aromatic carbocycles. The third kappa shape index (κ3) is 3.61. The van der Waals surface area contributed by atoms with Gasteiger partial charge < -0.3 is 9.57 Å². The lowest BCUT2D eigenvalue weighted by Crippen LogP contribution is -2.31. The number of methoxy groups -OCH3 is 1. The van der Waals surface area contributed by atoms with Gasteiger partial charge in [0.1, 0.15) is 0 Å². The van der Waals surface area contributed by atoms with Crippen LogP contribution in [0.3, 0.4) is 0 Å². The molecular weight excluding hydrogens is 272 g/mol. The number of nitrogens with zero attached hydrogens (tertiary/aromatic N) is 1. The molecule has 21 heavy (non-hydrogen) atoms. The molecule has 0 atom stereocenters. The summed E-state index contributed by atoms with van der Waals surface area (Å²) in [6.07, 6.45) is -0.498. The fourth-order valence-corrected chi connectivity index (χ4v) is 1.92. The summed E-state index contributed by atoms with van der Waals surface area (Å²) in [6, 6.07) is 7.02. The van der Waals surface area contributed by atoms with Gasteiger partial charge in [0, 0.05) is 17.7 Å². The van der Waals surface area contributed by atoms with Crippen molar-refractivity contribution in [2.45, 2.75) is 20.8 Å². The van der Waals surface area contributed by atoms with E-state index in [-0.39, 0.29) is 11.5 Å². The van der Waals surface area contributed by atoms with E-state index in [0.29, 0.717) is 23.4 Å². The Balaban J connectivity index is 3.48. The normalized spacial score (nSPS) is 11.5. The molecule has 1 amide bonds. The van der Waals surface area contributed by atoms with Gasteiger partial charge in [0.15, 0.2) is 11.5 Å². The zero-order valence-corrected chi connectivity index (χ0v) is 12.7. The summed E-state index contributed by atoms with van der Waals surface area (Å²) in [5, 5.41) is 0. The molecule has 0 aliphatic rings. The summed E-state index contributed by atoms with van der Waals surface area (Å²) < 4.78 is 4.77. The van der Waals surface area contributed by atoms with E-state index < -0.39 is 6.09 Å². The molecular formula is C15H20N2O4. The Morgan fingerprint density at radius 1 is 1.24 bits per heavy atom. The number of nitrogens with two attached hydrogens (primary N) is 1. The SMILES string of the molecule is CCN(C(=O)OC)c1ccccc1/C(ON)=C(\C)C(C)=O. The Bertz CT molecular complexity index is 567. The number of benzene rings is 1. The van der Waals surface area contributed by atoms with Crippen LogP contribution in [-0.4, -0.2) is 25.5 Å². The van der Waals surface area contributed by atoms with E-state index in [1.165, 1.54) is 18.9 Å². The van der Waals surface area contributed by atoms with Gasteiger partial charge in [0.25, 0.3) is 0 Å². The largest absolute Gasteiger partial charge is 0.452 e. The summed E-state index contributed by atoms with van der Waals surface area (Å²) in [5.41, 5.74) is 1.50. The van der Waals surface area contributed by atoms with Gasteiger partial charge in [-0.2, -0.15) is 5.90 Å². The van der Waals surface area contributed by atoms with E-state index >= 15 is 0 Å². The van der Waals surface area contributed by atoms with Gasteiger partial charge in [0.05, 0.1) is 12.8 Å². The van der Waals surface area contributed by atoms with Gasteiger partial charge in [-0.1, -0.05) is 12.1 Å². The maximum absolute atomic E-state index is 11.9. The van der Waals surface area contributed by atoms with Crippen LogP contribution in [0.15, 0.2) is 29.8 Å². The molecule has 6 nitrogen and oxygen atoms in total. The number of hydrogen-bond donors (Lipinski definition) is 1. The number of amides is 1. The minimum Gasteiger partial charge on any atom is -0.452 e. The molecule has 0 spiro atoms. The van der Waals surface area contributed by atoms with Crippen LogP contribution in [0.2, 0.25) is 0 Å². The number of para-hydroxylation sites is 1. The van der Waals surface area contributed by atoms with Crippen LogP contribution in [0.1, 0.15) is 26.3 Å². The Morgan fingerprint density at radius 2 is 1.86 bits per heavy atom. The number of Topliss-reactive ketones (excluding diaryl/α,β-unsaturated/α-hetero) is 1. The fourth-order valence-electron chi connectivity index (χ4n) is 1.92. The number of hydrogen-bond acceptors (Lipinski definition) is 5. The number of rotatable bonds is 5. The second-order valence-corrected chi connectivity index (χ2v) is 4.36. The van der Waals surface area contributed by atoms with Gasteiger partial charge in [0.2, 0.25) is 0 Å². The minimum absolute atomic E-state index is 0.161. The van der Waals surface area contributed by atoms with Crippen molar-refractivity contribution >= 4 is 23.3 Å². The molecule has 2 N–H and O–H groups in total. The van der Waals surface area contributed by atoms with Crippen molar-refractivity contribution < 1.29 is 19.2 Å². The predicted octanol–water partition coefficient (Wildman–Crippen LogP) is 2.49. The van der Waals surface area contributed by atoms with E-state index in [2.05, 4.69) is 0 Å². The number of carbonyl (C=O) groups excluding carboxylic acids is 2. The highest BCUT2D eigenvalue weighted by molar-refractivity contribution is 6.01. The lowest BCUT2D eigenvalue weighted by molar-refractivity contribution is -0.113. The lowest BCUT2D eigenvalue weighted by Gasteiger charge is -2.23. The Kier molecular flexibility index (Phi) is 5.92. The van der Waals surface area contributed by atoms with Crippen LogP contribution in [0, 0.1) is 0 Å². The minimum atomic E-state index is -0.498. The Morgan fingerprint density at radius 3 is 2.33 bits per heavy atom. The van der Waals surface area contributed by atoms with Gasteiger partial charge >= 0.3 is 6.09 Å². The van der Waals surface area contributed by atoms with Crippen molar-refractivity contribution in [2.24, 2.45) is 5.90 Å². The van der Waals surface area contributed by atoms with Gasteiger partial charge in [-0.25, -0.2) is 4.79 Å². The van der Waals surface area contributed by atoms with Crippen LogP contribution >= 0.6 is 0 Å². The molecule has 0 unspecified atom stereocenters. The van der Waals surface area contributed by atoms with E-state index in [1.54, 1.807) is 31.2 Å². The number of allylic oxidation sites excluding steroid dienone is 1. The monoisotopic (exact) mass is 292 g/mol. The third-order valence-electron chi connectivity index (χ3n) is 3.14. The Hall–Kier alpha value is -2.34. The quantitative estimate of drug-likeness (QED) is 0.512. The molecule has 0 saturated carbocycles. The van der Waals surface area contributed by atoms with Crippen molar-refractivity contribution in [1.82, 2.24) is 0 Å². The summed E-state index contributed by atoms with van der Waals surface area (Å²) in [7, 11) is 1.31. The number of ketones is 1. The third-order valence-corrected chi connectivity index (χ3v) is 3.14. The topological polar surface area (TPSA) is 81.9 Å². The standard InChI is InChI=1S/C15H20N2O4/c1-5-17(15(19)20-4)13-9-7-6-8-12(13)14(21-16)10(2)11(3)18/h6-9H,5,16H2,1-4H3/b14-10-. The van der Waals surface area contributed by atoms with Gasteiger partial charge in [-0.05, 0) is 32.9 Å². The molecule has 0 radical (unpaired) electrons. The molecule has 0 fully saturated rings. The molecule has 1 rings (SSSR count). The smallest absolute Gasteiger partial charge is 0.414 e. The van der Waals surface area contributed by atoms with Crippen molar-refractivity contribution in [1.29, 1.82) is 0 Å². The Labute approximate surface area is 124 Å². The van der Waals surface area contributed by atoms with Crippen molar-refractivity contribution in [3.05, 3.63) is 35.4 Å². The average molecular weight is 292 g/mol. The zero-order valence-electron chi connectivity index (χ0n) is 12.7. The number of anilines is 1. The maximum atomic E-state index is 11.9. The molecule has 0 saturated heterocycles. The first-order valence-corrected chi connectivity index (χ1v) is 6.51. The second-order valence-electron chi connectivity index (χ2n) is 4.36. The molecule has 0 bridgehead atoms. The molecule has 6 heteroatoms. The van der Waals surface area contributed by atoms with Crippen molar-refractivity contribution in [2.75, 3.05) is 18.6 Å². The molecule has 0 aliphatic carbocycles. The zero-order chi connectivity index (χ0) is 16.0. The number of carbonyl (C=O) groups is 2. The first-order chi connectivity index (χ1) is 9.97. The van der Waals surface area contributed by atoms with Gasteiger partial charge in [-0.15, -0.1) is 0 Å². The predicted molar refractivity (Wildman–Crippen MR) is 80.4 cm³/mol. The summed E-state index contributed by atoms with van der Waals surface area (Å²) in [4.78, 5) is 29.7. The first-order valence-electron chi connectivity index (χ1n) is 6.51. The highest BCUT2D eigenvalue weighted by Gasteiger charge is 2.21.